The SMILES string of the molecule is Cc1ccc(-n2nc(C(C)(C)C)cc2NC(=O)Nc2ccc(Oc3cc(CC(N)=O)ncn3)c3ccccc23)cc1.NC(=O)Cc1cc(Oc2ccc(N)c3ccccc23)ncn1. The van der Waals surface area contributed by atoms with Crippen LogP contribution in [0.25, 0.3) is 27.2 Å². The van der Waals surface area contributed by atoms with Crippen LogP contribution in [-0.4, -0.2) is 47.6 Å². The first-order chi connectivity index (χ1) is 30.2. The van der Waals surface area contributed by atoms with E-state index < -0.39 is 17.8 Å². The number of carbonyl (C=O) groups is 3. The third kappa shape index (κ3) is 10.7. The molecule has 0 aliphatic carbocycles. The molecule has 8 rings (SSSR count). The van der Waals surface area contributed by atoms with Crippen LogP contribution in [-0.2, 0) is 27.8 Å². The highest BCUT2D eigenvalue weighted by Crippen LogP contribution is 2.35. The number of nitrogen functional groups attached to an aromatic ring is 1. The van der Waals surface area contributed by atoms with E-state index in [9.17, 15) is 14.4 Å². The van der Waals surface area contributed by atoms with Gasteiger partial charge in [-0.15, -0.1) is 0 Å². The van der Waals surface area contributed by atoms with Crippen LogP contribution in [0.15, 0.2) is 128 Å². The lowest BCUT2D eigenvalue weighted by Gasteiger charge is -2.14. The van der Waals surface area contributed by atoms with E-state index in [1.54, 1.807) is 41.1 Å². The van der Waals surface area contributed by atoms with Crippen molar-refractivity contribution in [2.24, 2.45) is 11.5 Å². The van der Waals surface area contributed by atoms with Crippen molar-refractivity contribution in [3.63, 3.8) is 0 Å². The number of rotatable bonds is 11. The van der Waals surface area contributed by atoms with Crippen LogP contribution < -0.4 is 37.3 Å². The molecule has 16 heteroatoms. The van der Waals surface area contributed by atoms with Crippen LogP contribution >= 0.6 is 0 Å². The van der Waals surface area contributed by atoms with Crippen molar-refractivity contribution in [3.8, 4) is 28.9 Å². The largest absolute Gasteiger partial charge is 0.438 e. The number of urea groups is 1. The predicted molar refractivity (Wildman–Crippen MR) is 242 cm³/mol. The van der Waals surface area contributed by atoms with E-state index in [2.05, 4.69) is 51.3 Å². The molecule has 0 saturated heterocycles. The number of benzene rings is 5. The second-order valence-corrected chi connectivity index (χ2v) is 15.5. The molecule has 8 N–H and O–H groups in total. The van der Waals surface area contributed by atoms with Crippen LogP contribution in [0.4, 0.5) is 22.0 Å². The first kappa shape index (κ1) is 42.7. The number of aryl methyl sites for hydroxylation is 1. The van der Waals surface area contributed by atoms with Gasteiger partial charge in [0, 0.05) is 50.8 Å². The van der Waals surface area contributed by atoms with E-state index in [0.29, 0.717) is 46.0 Å². The predicted octanol–water partition coefficient (Wildman–Crippen LogP) is 7.92. The van der Waals surface area contributed by atoms with Crippen LogP contribution in [0.2, 0.25) is 0 Å². The molecule has 0 aliphatic rings. The van der Waals surface area contributed by atoms with Gasteiger partial charge in [-0.25, -0.2) is 29.4 Å². The third-order valence-corrected chi connectivity index (χ3v) is 9.58. The summed E-state index contributed by atoms with van der Waals surface area (Å²) in [6.45, 7) is 8.26. The molecule has 63 heavy (non-hydrogen) atoms. The number of primary amides is 2. The molecule has 5 aromatic carbocycles. The minimum atomic E-state index is -0.495. The van der Waals surface area contributed by atoms with Gasteiger partial charge in [0.2, 0.25) is 23.6 Å². The van der Waals surface area contributed by atoms with Crippen molar-refractivity contribution >= 4 is 56.6 Å². The van der Waals surface area contributed by atoms with Gasteiger partial charge in [-0.2, -0.15) is 5.10 Å². The topological polar surface area (TPSA) is 241 Å². The first-order valence-corrected chi connectivity index (χ1v) is 19.8. The van der Waals surface area contributed by atoms with Crippen molar-refractivity contribution in [3.05, 3.63) is 151 Å². The highest BCUT2D eigenvalue weighted by Gasteiger charge is 2.22. The average molecular weight is 844 g/mol. The third-order valence-electron chi connectivity index (χ3n) is 9.58. The van der Waals surface area contributed by atoms with Crippen molar-refractivity contribution in [2.45, 2.75) is 46.0 Å². The summed E-state index contributed by atoms with van der Waals surface area (Å²) in [6.07, 6.45) is 2.69. The molecule has 8 aromatic rings. The van der Waals surface area contributed by atoms with E-state index >= 15 is 0 Å². The highest BCUT2D eigenvalue weighted by molar-refractivity contribution is 6.07. The van der Waals surface area contributed by atoms with Gasteiger partial charge in [-0.05, 0) is 43.3 Å². The minimum absolute atomic E-state index is 0.0162. The molecule has 0 saturated carbocycles. The maximum atomic E-state index is 13.3. The summed E-state index contributed by atoms with van der Waals surface area (Å²) >= 11 is 0. The number of nitrogens with zero attached hydrogens (tertiary/aromatic N) is 6. The van der Waals surface area contributed by atoms with E-state index in [1.807, 2.05) is 85.8 Å². The van der Waals surface area contributed by atoms with E-state index in [-0.39, 0.29) is 24.1 Å². The van der Waals surface area contributed by atoms with Gasteiger partial charge >= 0.3 is 6.03 Å². The molecule has 0 atom stereocenters. The Morgan fingerprint density at radius 2 is 1.16 bits per heavy atom. The Labute approximate surface area is 362 Å². The molecule has 0 unspecified atom stereocenters. The zero-order valence-electron chi connectivity index (χ0n) is 35.0. The summed E-state index contributed by atoms with van der Waals surface area (Å²) in [4.78, 5) is 51.8. The molecule has 318 valence electrons. The monoisotopic (exact) mass is 843 g/mol. The van der Waals surface area contributed by atoms with Gasteiger partial charge in [0.1, 0.15) is 30.0 Å². The lowest BCUT2D eigenvalue weighted by molar-refractivity contribution is -0.118. The summed E-state index contributed by atoms with van der Waals surface area (Å²) in [5, 5.41) is 14.1. The number of carbonyl (C=O) groups excluding carboxylic acids is 3. The lowest BCUT2D eigenvalue weighted by Crippen LogP contribution is -2.21. The Kier molecular flexibility index (Phi) is 12.5. The Morgan fingerprint density at radius 3 is 1.71 bits per heavy atom. The van der Waals surface area contributed by atoms with Crippen molar-refractivity contribution in [1.82, 2.24) is 29.7 Å². The zero-order valence-corrected chi connectivity index (χ0v) is 35.0. The molecule has 16 nitrogen and oxygen atoms in total. The molecule has 0 fully saturated rings. The Bertz CT molecular complexity index is 2960. The number of amides is 4. The molecule has 0 bridgehead atoms. The van der Waals surface area contributed by atoms with Gasteiger partial charge < -0.3 is 32.0 Å². The smallest absolute Gasteiger partial charge is 0.324 e. The number of anilines is 3. The zero-order chi connectivity index (χ0) is 44.7. The number of hydrogen-bond donors (Lipinski definition) is 5. The number of hydrogen-bond acceptors (Lipinski definition) is 11. The fraction of sp³-hybridized carbons (Fsp3) is 0.149. The van der Waals surface area contributed by atoms with Gasteiger partial charge in [-0.3, -0.25) is 14.9 Å². The van der Waals surface area contributed by atoms with Crippen LogP contribution in [0.1, 0.15) is 43.4 Å². The van der Waals surface area contributed by atoms with Crippen molar-refractivity contribution < 1.29 is 23.9 Å². The van der Waals surface area contributed by atoms with Gasteiger partial charge in [0.25, 0.3) is 0 Å². The Balaban J connectivity index is 0.000000227. The summed E-state index contributed by atoms with van der Waals surface area (Å²) in [7, 11) is 0. The second kappa shape index (κ2) is 18.5. The fourth-order valence-electron chi connectivity index (χ4n) is 6.48. The second-order valence-electron chi connectivity index (χ2n) is 15.5. The maximum Gasteiger partial charge on any atom is 0.324 e. The minimum Gasteiger partial charge on any atom is -0.438 e. The normalized spacial score (nSPS) is 11.0. The summed E-state index contributed by atoms with van der Waals surface area (Å²) in [5.41, 5.74) is 21.3. The highest BCUT2D eigenvalue weighted by atomic mass is 16.5. The van der Waals surface area contributed by atoms with E-state index in [1.165, 1.54) is 12.7 Å². The summed E-state index contributed by atoms with van der Waals surface area (Å²) in [6, 6.07) is 34.9. The van der Waals surface area contributed by atoms with Gasteiger partial charge in [-0.1, -0.05) is 87.0 Å². The molecule has 0 spiro atoms. The summed E-state index contributed by atoms with van der Waals surface area (Å²) in [5.74, 6) is 1.39. The fourth-order valence-corrected chi connectivity index (χ4v) is 6.48. The number of ether oxygens (including phenoxy) is 2. The standard InChI is InChI=1S/C31H31N7O3.C16H14N4O2/c1-19-9-11-21(12-10-19)38-28(17-26(37-38)31(2,3)4)36-30(40)35-24-13-14-25(23-8-6-5-7-22(23)24)41-29-16-20(15-27(32)39)33-18-34-29;17-13-5-6-14(12-4-2-1-3-11(12)13)22-16-8-10(7-15(18)21)19-9-20-16/h5-14,16-18H,15H2,1-4H3,(H2,32,39)(H2,35,36,40);1-6,8-9H,7,17H2,(H2,18,21). The van der Waals surface area contributed by atoms with Gasteiger partial charge in [0.05, 0.1) is 41.3 Å². The van der Waals surface area contributed by atoms with Crippen LogP contribution in [0.3, 0.4) is 0 Å². The van der Waals surface area contributed by atoms with Crippen LogP contribution in [0.5, 0.6) is 23.3 Å². The quantitative estimate of drug-likeness (QED) is 0.0783. The van der Waals surface area contributed by atoms with E-state index in [0.717, 1.165) is 38.5 Å². The molecule has 0 radical (unpaired) electrons. The maximum absolute atomic E-state index is 13.3. The summed E-state index contributed by atoms with van der Waals surface area (Å²) < 4.78 is 13.6. The van der Waals surface area contributed by atoms with Crippen molar-refractivity contribution in [2.75, 3.05) is 16.4 Å². The number of nitrogens with one attached hydrogen (secondary N) is 2. The molecular weight excluding hydrogens is 799 g/mol. The van der Waals surface area contributed by atoms with Crippen molar-refractivity contribution in [1.29, 1.82) is 0 Å². The Morgan fingerprint density at radius 1 is 0.635 bits per heavy atom. The number of aromatic nitrogens is 6. The molecule has 4 amide bonds. The first-order valence-electron chi connectivity index (χ1n) is 19.8. The number of nitrogens with two attached hydrogens (primary N) is 3. The molecule has 0 aliphatic heterocycles. The lowest BCUT2D eigenvalue weighted by atomic mass is 9.92. The van der Waals surface area contributed by atoms with Gasteiger partial charge in [0.15, 0.2) is 0 Å². The number of fused-ring (bicyclic) bond motifs is 2. The Hall–Kier alpha value is -8.40. The molecule has 3 heterocycles. The molecule has 3 aromatic heterocycles. The molecular formula is C47H45N11O5. The average Bonchev–Trinajstić information content (AvgIpc) is 3.67. The van der Waals surface area contributed by atoms with E-state index in [4.69, 9.17) is 31.8 Å². The van der Waals surface area contributed by atoms with Crippen LogP contribution in [0, 0.1) is 6.92 Å².